The first-order chi connectivity index (χ1) is 15.7. The SMILES string of the molecule is Oc1ccc2[nH]cc(CCC3c4cc5c(cc4CCN3CC3CCOCC3)OCO5)c2c1. The maximum absolute atomic E-state index is 9.98. The van der Waals surface area contributed by atoms with Gasteiger partial charge in [-0.25, -0.2) is 0 Å². The number of H-pyrrole nitrogens is 1. The summed E-state index contributed by atoms with van der Waals surface area (Å²) in [6, 6.07) is 10.3. The number of nitrogens with one attached hydrogen (secondary N) is 1. The van der Waals surface area contributed by atoms with Crippen LogP contribution in [0.15, 0.2) is 36.5 Å². The molecule has 1 unspecified atom stereocenters. The van der Waals surface area contributed by atoms with Crippen molar-refractivity contribution >= 4 is 10.9 Å². The van der Waals surface area contributed by atoms with Gasteiger partial charge in [0.15, 0.2) is 11.5 Å². The van der Waals surface area contributed by atoms with Crippen LogP contribution in [0.3, 0.4) is 0 Å². The zero-order valence-corrected chi connectivity index (χ0v) is 18.3. The number of hydrogen-bond acceptors (Lipinski definition) is 5. The summed E-state index contributed by atoms with van der Waals surface area (Å²) in [5, 5.41) is 11.1. The van der Waals surface area contributed by atoms with E-state index >= 15 is 0 Å². The molecule has 0 saturated carbocycles. The highest BCUT2D eigenvalue weighted by atomic mass is 16.7. The molecule has 1 aromatic heterocycles. The van der Waals surface area contributed by atoms with E-state index in [2.05, 4.69) is 28.2 Å². The number of nitrogens with zero attached hydrogens (tertiary/aromatic N) is 1. The topological polar surface area (TPSA) is 67.0 Å². The van der Waals surface area contributed by atoms with Crippen LogP contribution in [0.4, 0.5) is 0 Å². The molecule has 3 aliphatic heterocycles. The zero-order chi connectivity index (χ0) is 21.5. The van der Waals surface area contributed by atoms with E-state index < -0.39 is 0 Å². The number of benzene rings is 2. The van der Waals surface area contributed by atoms with Gasteiger partial charge in [-0.2, -0.15) is 0 Å². The average molecular weight is 435 g/mol. The summed E-state index contributed by atoms with van der Waals surface area (Å²) in [5.74, 6) is 2.77. The van der Waals surface area contributed by atoms with Crippen LogP contribution >= 0.6 is 0 Å². The van der Waals surface area contributed by atoms with Gasteiger partial charge in [0.05, 0.1) is 0 Å². The number of aromatic nitrogens is 1. The minimum atomic E-state index is 0.313. The minimum Gasteiger partial charge on any atom is -0.508 e. The van der Waals surface area contributed by atoms with Crippen LogP contribution in [0.25, 0.3) is 10.9 Å². The van der Waals surface area contributed by atoms with Crippen molar-refractivity contribution in [2.75, 3.05) is 33.1 Å². The Morgan fingerprint density at radius 2 is 1.91 bits per heavy atom. The van der Waals surface area contributed by atoms with Crippen molar-refractivity contribution in [3.63, 3.8) is 0 Å². The quantitative estimate of drug-likeness (QED) is 0.616. The maximum atomic E-state index is 9.98. The summed E-state index contributed by atoms with van der Waals surface area (Å²) in [7, 11) is 0. The number of ether oxygens (including phenoxy) is 3. The van der Waals surface area contributed by atoms with Crippen molar-refractivity contribution in [1.82, 2.24) is 9.88 Å². The van der Waals surface area contributed by atoms with Gasteiger partial charge in [0, 0.05) is 49.4 Å². The van der Waals surface area contributed by atoms with Gasteiger partial charge in [0.1, 0.15) is 5.75 Å². The van der Waals surface area contributed by atoms with Gasteiger partial charge >= 0.3 is 0 Å². The van der Waals surface area contributed by atoms with Crippen LogP contribution in [0.5, 0.6) is 17.2 Å². The standard InChI is InChI=1S/C26H30N2O4/c29-20-2-3-23-21(12-20)19(14-27-23)1-4-24-22-13-26-25(31-16-32-26)11-18(22)5-8-28(24)15-17-6-9-30-10-7-17/h2-3,11-14,17,24,27,29H,1,4-10,15-16H2. The molecule has 0 aliphatic carbocycles. The molecular weight excluding hydrogens is 404 g/mol. The fourth-order valence-electron chi connectivity index (χ4n) is 5.63. The first kappa shape index (κ1) is 19.9. The zero-order valence-electron chi connectivity index (χ0n) is 18.3. The van der Waals surface area contributed by atoms with E-state index in [-0.39, 0.29) is 0 Å². The van der Waals surface area contributed by atoms with Gasteiger partial charge in [0.2, 0.25) is 6.79 Å². The number of phenols is 1. The van der Waals surface area contributed by atoms with Crippen LogP contribution in [-0.2, 0) is 17.6 Å². The average Bonchev–Trinajstić information content (AvgIpc) is 3.44. The number of phenolic OH excluding ortho intramolecular Hbond substituents is 1. The molecule has 6 nitrogen and oxygen atoms in total. The molecule has 3 aliphatic rings. The smallest absolute Gasteiger partial charge is 0.231 e. The van der Waals surface area contributed by atoms with E-state index in [1.54, 1.807) is 6.07 Å². The molecule has 0 spiro atoms. The molecule has 3 aromatic rings. The molecule has 6 rings (SSSR count). The normalized spacial score (nSPS) is 21.2. The van der Waals surface area contributed by atoms with Gasteiger partial charge in [-0.05, 0) is 85.0 Å². The molecule has 0 amide bonds. The molecule has 0 bridgehead atoms. The van der Waals surface area contributed by atoms with Crippen LogP contribution in [0.2, 0.25) is 0 Å². The molecule has 2 aromatic carbocycles. The fourth-order valence-corrected chi connectivity index (χ4v) is 5.63. The van der Waals surface area contributed by atoms with Crippen LogP contribution in [0.1, 0.15) is 42.0 Å². The van der Waals surface area contributed by atoms with Crippen molar-refractivity contribution in [2.45, 2.75) is 38.1 Å². The highest BCUT2D eigenvalue weighted by molar-refractivity contribution is 5.84. The van der Waals surface area contributed by atoms with Crippen molar-refractivity contribution in [1.29, 1.82) is 0 Å². The molecule has 1 atom stereocenters. The third-order valence-electron chi connectivity index (χ3n) is 7.37. The number of fused-ring (bicyclic) bond motifs is 3. The second kappa shape index (κ2) is 8.34. The Morgan fingerprint density at radius 1 is 1.06 bits per heavy atom. The van der Waals surface area contributed by atoms with E-state index in [9.17, 15) is 5.11 Å². The van der Waals surface area contributed by atoms with Gasteiger partial charge in [0.25, 0.3) is 0 Å². The van der Waals surface area contributed by atoms with E-state index in [0.29, 0.717) is 24.5 Å². The number of aryl methyl sites for hydroxylation is 1. The summed E-state index contributed by atoms with van der Waals surface area (Å²) in [4.78, 5) is 6.05. The highest BCUT2D eigenvalue weighted by Gasteiger charge is 2.32. The molecule has 4 heterocycles. The van der Waals surface area contributed by atoms with E-state index in [4.69, 9.17) is 14.2 Å². The fraction of sp³-hybridized carbons (Fsp3) is 0.462. The molecular formula is C26H30N2O4. The number of hydrogen-bond donors (Lipinski definition) is 2. The maximum Gasteiger partial charge on any atom is 0.231 e. The van der Waals surface area contributed by atoms with Crippen LogP contribution < -0.4 is 9.47 Å². The van der Waals surface area contributed by atoms with Crippen LogP contribution in [0, 0.1) is 5.92 Å². The summed E-state index contributed by atoms with van der Waals surface area (Å²) in [6.45, 7) is 4.28. The Balaban J connectivity index is 1.29. The molecule has 32 heavy (non-hydrogen) atoms. The molecule has 168 valence electrons. The molecule has 1 fully saturated rings. The summed E-state index contributed by atoms with van der Waals surface area (Å²) < 4.78 is 17.0. The van der Waals surface area contributed by atoms with Gasteiger partial charge < -0.3 is 24.3 Å². The summed E-state index contributed by atoms with van der Waals surface area (Å²) in [5.41, 5.74) is 5.10. The van der Waals surface area contributed by atoms with Crippen LogP contribution in [-0.4, -0.2) is 48.1 Å². The lowest BCUT2D eigenvalue weighted by atomic mass is 9.87. The molecule has 1 saturated heterocycles. The Morgan fingerprint density at radius 3 is 2.78 bits per heavy atom. The highest BCUT2D eigenvalue weighted by Crippen LogP contribution is 2.42. The Labute approximate surface area is 188 Å². The predicted molar refractivity (Wildman–Crippen MR) is 122 cm³/mol. The minimum absolute atomic E-state index is 0.313. The lowest BCUT2D eigenvalue weighted by Gasteiger charge is -2.40. The number of rotatable bonds is 5. The monoisotopic (exact) mass is 434 g/mol. The van der Waals surface area contributed by atoms with Gasteiger partial charge in [-0.15, -0.1) is 0 Å². The van der Waals surface area contributed by atoms with Gasteiger partial charge in [-0.3, -0.25) is 4.90 Å². The molecule has 0 radical (unpaired) electrons. The molecule has 2 N–H and O–H groups in total. The van der Waals surface area contributed by atoms with Gasteiger partial charge in [-0.1, -0.05) is 0 Å². The lowest BCUT2D eigenvalue weighted by Crippen LogP contribution is -2.40. The largest absolute Gasteiger partial charge is 0.508 e. The Hall–Kier alpha value is -2.70. The third kappa shape index (κ3) is 3.71. The van der Waals surface area contributed by atoms with E-state index in [1.807, 2.05) is 12.1 Å². The Kier molecular flexibility index (Phi) is 5.20. The second-order valence-electron chi connectivity index (χ2n) is 9.30. The first-order valence-corrected chi connectivity index (χ1v) is 11.8. The van der Waals surface area contributed by atoms with E-state index in [0.717, 1.165) is 80.8 Å². The summed E-state index contributed by atoms with van der Waals surface area (Å²) in [6.07, 6.45) is 7.42. The Bertz CT molecular complexity index is 1120. The number of aromatic hydroxyl groups is 1. The summed E-state index contributed by atoms with van der Waals surface area (Å²) >= 11 is 0. The number of aromatic amines is 1. The molecule has 6 heteroatoms. The van der Waals surface area contributed by atoms with Crippen molar-refractivity contribution in [2.24, 2.45) is 5.92 Å². The van der Waals surface area contributed by atoms with Crippen molar-refractivity contribution < 1.29 is 19.3 Å². The lowest BCUT2D eigenvalue weighted by molar-refractivity contribution is 0.0423. The van der Waals surface area contributed by atoms with Crippen molar-refractivity contribution in [3.8, 4) is 17.2 Å². The second-order valence-corrected chi connectivity index (χ2v) is 9.30. The predicted octanol–water partition coefficient (Wildman–Crippen LogP) is 4.56. The first-order valence-electron chi connectivity index (χ1n) is 11.8. The third-order valence-corrected chi connectivity index (χ3v) is 7.37. The van der Waals surface area contributed by atoms with E-state index in [1.165, 1.54) is 16.7 Å². The van der Waals surface area contributed by atoms with Crippen molar-refractivity contribution in [3.05, 3.63) is 53.2 Å².